The fourth-order valence-electron chi connectivity index (χ4n) is 2.77. The van der Waals surface area contributed by atoms with Crippen molar-refractivity contribution in [1.82, 2.24) is 20.0 Å². The largest absolute Gasteiger partial charge is 0.312 e. The summed E-state index contributed by atoms with van der Waals surface area (Å²) in [5.41, 5.74) is 2.29. The molecule has 1 fully saturated rings. The highest BCUT2D eigenvalue weighted by molar-refractivity contribution is 5.16. The molecule has 0 unspecified atom stereocenters. The Labute approximate surface area is 124 Å². The quantitative estimate of drug-likeness (QED) is 0.932. The van der Waals surface area contributed by atoms with E-state index in [1.165, 1.54) is 17.7 Å². The van der Waals surface area contributed by atoms with E-state index in [9.17, 15) is 4.39 Å². The van der Waals surface area contributed by atoms with Crippen LogP contribution in [0.15, 0.2) is 36.7 Å². The Morgan fingerprint density at radius 3 is 2.81 bits per heavy atom. The van der Waals surface area contributed by atoms with Crippen LogP contribution in [0, 0.1) is 5.82 Å². The molecule has 3 rings (SSSR count). The lowest BCUT2D eigenvalue weighted by molar-refractivity contribution is 0.199. The fourth-order valence-corrected chi connectivity index (χ4v) is 2.77. The zero-order valence-corrected chi connectivity index (χ0v) is 12.3. The van der Waals surface area contributed by atoms with Crippen molar-refractivity contribution in [2.24, 2.45) is 0 Å². The first-order chi connectivity index (χ1) is 10.2. The molecule has 1 aromatic carbocycles. The van der Waals surface area contributed by atoms with Gasteiger partial charge in [0, 0.05) is 44.0 Å². The van der Waals surface area contributed by atoms with E-state index in [1.54, 1.807) is 12.1 Å². The lowest BCUT2D eigenvalue weighted by atomic mass is 10.2. The summed E-state index contributed by atoms with van der Waals surface area (Å²) in [6.07, 6.45) is 4.01. The summed E-state index contributed by atoms with van der Waals surface area (Å²) in [6, 6.07) is 7.13. The summed E-state index contributed by atoms with van der Waals surface area (Å²) in [5, 5.41) is 7.85. The second-order valence-corrected chi connectivity index (χ2v) is 5.76. The van der Waals surface area contributed by atoms with Crippen molar-refractivity contribution in [3.05, 3.63) is 53.6 Å². The molecule has 1 saturated heterocycles. The van der Waals surface area contributed by atoms with Crippen molar-refractivity contribution in [1.29, 1.82) is 0 Å². The number of piperazine rings is 1. The van der Waals surface area contributed by atoms with E-state index >= 15 is 0 Å². The van der Waals surface area contributed by atoms with Crippen LogP contribution in [0.3, 0.4) is 0 Å². The van der Waals surface area contributed by atoms with Gasteiger partial charge in [0.2, 0.25) is 0 Å². The zero-order valence-electron chi connectivity index (χ0n) is 12.3. The Bertz CT molecular complexity index is 578. The molecule has 1 aliphatic rings. The van der Waals surface area contributed by atoms with Crippen LogP contribution in [0.1, 0.15) is 18.1 Å². The lowest BCUT2D eigenvalue weighted by Crippen LogP contribution is -2.48. The van der Waals surface area contributed by atoms with Gasteiger partial charge in [-0.2, -0.15) is 5.10 Å². The highest BCUT2D eigenvalue weighted by Gasteiger charge is 2.16. The Balaban J connectivity index is 1.59. The standard InChI is InChI=1S/C16H21FN4/c1-13-9-20(7-6-18-13)10-15-8-19-21(12-15)11-14-2-4-16(17)5-3-14/h2-5,8,12-13,18H,6-7,9-11H2,1H3/t13-/m1/s1. The van der Waals surface area contributed by atoms with Gasteiger partial charge < -0.3 is 5.32 Å². The SMILES string of the molecule is C[C@@H]1CN(Cc2cnn(Cc3ccc(F)cc3)c2)CCN1. The van der Waals surface area contributed by atoms with Crippen molar-refractivity contribution in [3.63, 3.8) is 0 Å². The first-order valence-corrected chi connectivity index (χ1v) is 7.40. The molecule has 1 aliphatic heterocycles. The number of benzene rings is 1. The maximum atomic E-state index is 12.9. The fraction of sp³-hybridized carbons (Fsp3) is 0.438. The van der Waals surface area contributed by atoms with Gasteiger partial charge in [0.15, 0.2) is 0 Å². The van der Waals surface area contributed by atoms with Crippen LogP contribution < -0.4 is 5.32 Å². The first-order valence-electron chi connectivity index (χ1n) is 7.40. The molecule has 21 heavy (non-hydrogen) atoms. The smallest absolute Gasteiger partial charge is 0.123 e. The van der Waals surface area contributed by atoms with Gasteiger partial charge in [-0.1, -0.05) is 12.1 Å². The maximum Gasteiger partial charge on any atom is 0.123 e. The number of nitrogens with zero attached hydrogens (tertiary/aromatic N) is 3. The number of nitrogens with one attached hydrogen (secondary N) is 1. The van der Waals surface area contributed by atoms with Crippen molar-refractivity contribution in [2.75, 3.05) is 19.6 Å². The average molecular weight is 288 g/mol. The van der Waals surface area contributed by atoms with Gasteiger partial charge in [-0.05, 0) is 24.6 Å². The normalized spacial score (nSPS) is 19.8. The lowest BCUT2D eigenvalue weighted by Gasteiger charge is -2.31. The van der Waals surface area contributed by atoms with Crippen molar-refractivity contribution in [3.8, 4) is 0 Å². The second-order valence-electron chi connectivity index (χ2n) is 5.76. The molecule has 1 N–H and O–H groups in total. The van der Waals surface area contributed by atoms with Crippen molar-refractivity contribution < 1.29 is 4.39 Å². The van der Waals surface area contributed by atoms with Gasteiger partial charge in [0.1, 0.15) is 5.82 Å². The van der Waals surface area contributed by atoms with Crippen LogP contribution in [0.5, 0.6) is 0 Å². The number of aromatic nitrogens is 2. The molecule has 0 radical (unpaired) electrons. The average Bonchev–Trinajstić information content (AvgIpc) is 2.89. The van der Waals surface area contributed by atoms with E-state index in [2.05, 4.69) is 28.4 Å². The third-order valence-electron chi connectivity index (χ3n) is 3.80. The summed E-state index contributed by atoms with van der Waals surface area (Å²) in [6.45, 7) is 7.03. The molecule has 0 aliphatic carbocycles. The number of halogens is 1. The molecular formula is C16H21FN4. The van der Waals surface area contributed by atoms with Crippen molar-refractivity contribution >= 4 is 0 Å². The first kappa shape index (κ1) is 14.2. The minimum atomic E-state index is -0.201. The number of hydrogen-bond acceptors (Lipinski definition) is 3. The van der Waals surface area contributed by atoms with E-state index in [1.807, 2.05) is 10.9 Å². The molecule has 5 heteroatoms. The Morgan fingerprint density at radius 2 is 2.05 bits per heavy atom. The van der Waals surface area contributed by atoms with E-state index in [-0.39, 0.29) is 5.82 Å². The van der Waals surface area contributed by atoms with E-state index in [0.717, 1.165) is 31.7 Å². The maximum absolute atomic E-state index is 12.9. The summed E-state index contributed by atoms with van der Waals surface area (Å²) in [4.78, 5) is 2.44. The van der Waals surface area contributed by atoms with Crippen molar-refractivity contribution in [2.45, 2.75) is 26.1 Å². The molecule has 2 heterocycles. The molecule has 1 aromatic heterocycles. The van der Waals surface area contributed by atoms with Crippen LogP contribution >= 0.6 is 0 Å². The number of hydrogen-bond donors (Lipinski definition) is 1. The van der Waals surface area contributed by atoms with Gasteiger partial charge in [-0.3, -0.25) is 9.58 Å². The summed E-state index contributed by atoms with van der Waals surface area (Å²) < 4.78 is 14.8. The summed E-state index contributed by atoms with van der Waals surface area (Å²) in [7, 11) is 0. The van der Waals surface area contributed by atoms with Gasteiger partial charge in [-0.25, -0.2) is 4.39 Å². The zero-order chi connectivity index (χ0) is 14.7. The number of rotatable bonds is 4. The van der Waals surface area contributed by atoms with Crippen LogP contribution in [0.2, 0.25) is 0 Å². The summed E-state index contributed by atoms with van der Waals surface area (Å²) in [5.74, 6) is -0.201. The minimum Gasteiger partial charge on any atom is -0.312 e. The second kappa shape index (κ2) is 6.37. The minimum absolute atomic E-state index is 0.201. The van der Waals surface area contributed by atoms with Gasteiger partial charge >= 0.3 is 0 Å². The molecule has 0 spiro atoms. The van der Waals surface area contributed by atoms with Crippen LogP contribution in [-0.2, 0) is 13.1 Å². The molecule has 112 valence electrons. The van der Waals surface area contributed by atoms with E-state index in [4.69, 9.17) is 0 Å². The molecule has 2 aromatic rings. The van der Waals surface area contributed by atoms with Gasteiger partial charge in [0.25, 0.3) is 0 Å². The highest BCUT2D eigenvalue weighted by Crippen LogP contribution is 2.09. The van der Waals surface area contributed by atoms with Crippen LogP contribution in [-0.4, -0.2) is 40.4 Å². The summed E-state index contributed by atoms with van der Waals surface area (Å²) >= 11 is 0. The molecule has 0 bridgehead atoms. The highest BCUT2D eigenvalue weighted by atomic mass is 19.1. The predicted octanol–water partition coefficient (Wildman–Crippen LogP) is 1.86. The monoisotopic (exact) mass is 288 g/mol. The van der Waals surface area contributed by atoms with Gasteiger partial charge in [0.05, 0.1) is 12.7 Å². The van der Waals surface area contributed by atoms with Crippen LogP contribution in [0.4, 0.5) is 4.39 Å². The Hall–Kier alpha value is -1.72. The molecule has 0 amide bonds. The Morgan fingerprint density at radius 1 is 1.24 bits per heavy atom. The molecule has 1 atom stereocenters. The third-order valence-corrected chi connectivity index (χ3v) is 3.80. The predicted molar refractivity (Wildman–Crippen MR) is 80.5 cm³/mol. The van der Waals surface area contributed by atoms with E-state index < -0.39 is 0 Å². The Kier molecular flexibility index (Phi) is 4.31. The third kappa shape index (κ3) is 3.89. The van der Waals surface area contributed by atoms with Gasteiger partial charge in [-0.15, -0.1) is 0 Å². The molecule has 0 saturated carbocycles. The van der Waals surface area contributed by atoms with Crippen LogP contribution in [0.25, 0.3) is 0 Å². The molecule has 4 nitrogen and oxygen atoms in total. The van der Waals surface area contributed by atoms with E-state index in [0.29, 0.717) is 12.6 Å². The molecular weight excluding hydrogens is 267 g/mol. The topological polar surface area (TPSA) is 33.1 Å².